The van der Waals surface area contributed by atoms with Crippen LogP contribution in [0.3, 0.4) is 0 Å². The third kappa shape index (κ3) is 4.10. The molecule has 1 fully saturated rings. The van der Waals surface area contributed by atoms with Gasteiger partial charge in [0, 0.05) is 50.1 Å². The lowest BCUT2D eigenvalue weighted by atomic mass is 9.75. The number of carbonyl (C=O) groups excluding carboxylic acids is 2. The molecule has 204 valence electrons. The van der Waals surface area contributed by atoms with E-state index in [2.05, 4.69) is 10.1 Å². The highest BCUT2D eigenvalue weighted by Crippen LogP contribution is 2.38. The average molecular weight is 533 g/mol. The number of nitrogens with zero attached hydrogens (tertiary/aromatic N) is 4. The van der Waals surface area contributed by atoms with E-state index >= 15 is 4.39 Å². The van der Waals surface area contributed by atoms with Gasteiger partial charge in [0.15, 0.2) is 5.82 Å². The maximum Gasteiger partial charge on any atom is 0.495 e. The molecule has 0 spiro atoms. The van der Waals surface area contributed by atoms with E-state index in [1.165, 1.54) is 6.92 Å². The Kier molecular flexibility index (Phi) is 5.82. The molecule has 39 heavy (non-hydrogen) atoms. The molecule has 0 atom stereocenters. The number of H-pyrrole nitrogens is 1. The molecule has 0 saturated carbocycles. The SMILES string of the molecule is CC(=O)N1CCC=C(c2cc(B3OC(C)(C)C(C)(C)O3)c3cc(C(=O)N4Cc5cnn(C)c5C4)[nH]c3c2F)C1. The molecule has 1 aromatic carbocycles. The van der Waals surface area contributed by atoms with Crippen molar-refractivity contribution >= 4 is 40.9 Å². The minimum Gasteiger partial charge on any atom is -0.399 e. The second-order valence-electron chi connectivity index (χ2n) is 11.7. The van der Waals surface area contributed by atoms with Crippen LogP contribution in [0, 0.1) is 5.82 Å². The molecule has 0 unspecified atom stereocenters. The Morgan fingerprint density at radius 1 is 1.08 bits per heavy atom. The monoisotopic (exact) mass is 533 g/mol. The summed E-state index contributed by atoms with van der Waals surface area (Å²) in [5.74, 6) is -0.736. The van der Waals surface area contributed by atoms with Gasteiger partial charge in [0.05, 0.1) is 35.2 Å². The number of nitrogens with one attached hydrogen (secondary N) is 1. The average Bonchev–Trinajstić information content (AvgIpc) is 3.63. The molecule has 0 radical (unpaired) electrons. The van der Waals surface area contributed by atoms with Gasteiger partial charge >= 0.3 is 7.12 Å². The van der Waals surface area contributed by atoms with E-state index in [4.69, 9.17) is 9.31 Å². The summed E-state index contributed by atoms with van der Waals surface area (Å²) in [6.45, 7) is 11.2. The summed E-state index contributed by atoms with van der Waals surface area (Å²) in [6.07, 6.45) is 4.39. The summed E-state index contributed by atoms with van der Waals surface area (Å²) >= 11 is 0. The van der Waals surface area contributed by atoms with Crippen LogP contribution in [0.25, 0.3) is 16.5 Å². The lowest BCUT2D eigenvalue weighted by molar-refractivity contribution is -0.128. The Balaban J connectivity index is 1.44. The minimum atomic E-state index is -0.759. The molecule has 3 aliphatic heterocycles. The quantitative estimate of drug-likeness (QED) is 0.523. The summed E-state index contributed by atoms with van der Waals surface area (Å²) in [5.41, 5.74) is 3.05. The van der Waals surface area contributed by atoms with Gasteiger partial charge in [-0.1, -0.05) is 12.1 Å². The number of aryl methyl sites for hydroxylation is 1. The van der Waals surface area contributed by atoms with Crippen LogP contribution >= 0.6 is 0 Å². The molecule has 0 aliphatic carbocycles. The van der Waals surface area contributed by atoms with Crippen LogP contribution in [-0.4, -0.2) is 67.8 Å². The molecular weight excluding hydrogens is 500 g/mol. The van der Waals surface area contributed by atoms with Gasteiger partial charge in [-0.15, -0.1) is 0 Å². The van der Waals surface area contributed by atoms with Gasteiger partial charge < -0.3 is 24.1 Å². The summed E-state index contributed by atoms with van der Waals surface area (Å²) in [7, 11) is 1.10. The zero-order chi connectivity index (χ0) is 27.9. The minimum absolute atomic E-state index is 0.0529. The van der Waals surface area contributed by atoms with Crippen LogP contribution in [0.15, 0.2) is 24.4 Å². The van der Waals surface area contributed by atoms with E-state index < -0.39 is 24.1 Å². The first-order valence-electron chi connectivity index (χ1n) is 13.3. The van der Waals surface area contributed by atoms with Gasteiger partial charge in [0.25, 0.3) is 5.91 Å². The van der Waals surface area contributed by atoms with Gasteiger partial charge in [0.2, 0.25) is 5.91 Å². The predicted octanol–water partition coefficient (Wildman–Crippen LogP) is 3.13. The fourth-order valence-corrected chi connectivity index (χ4v) is 5.61. The Labute approximate surface area is 227 Å². The van der Waals surface area contributed by atoms with Crippen LogP contribution in [0.5, 0.6) is 0 Å². The number of benzene rings is 1. The number of aromatic amines is 1. The molecule has 1 N–H and O–H groups in total. The van der Waals surface area contributed by atoms with Crippen molar-refractivity contribution in [1.29, 1.82) is 0 Å². The van der Waals surface area contributed by atoms with Crippen molar-refractivity contribution in [2.75, 3.05) is 13.1 Å². The highest BCUT2D eigenvalue weighted by atomic mass is 19.1. The molecular formula is C28H33BFN5O4. The molecule has 3 aliphatic rings. The van der Waals surface area contributed by atoms with Crippen LogP contribution in [0.4, 0.5) is 4.39 Å². The molecule has 0 bridgehead atoms. The number of aromatic nitrogens is 3. The summed E-state index contributed by atoms with van der Waals surface area (Å²) < 4.78 is 30.7. The fraction of sp³-hybridized carbons (Fsp3) is 0.464. The lowest BCUT2D eigenvalue weighted by Gasteiger charge is -2.32. The largest absolute Gasteiger partial charge is 0.495 e. The second kappa shape index (κ2) is 8.79. The van der Waals surface area contributed by atoms with Crippen molar-refractivity contribution in [2.45, 2.75) is 65.3 Å². The van der Waals surface area contributed by atoms with E-state index in [1.54, 1.807) is 32.8 Å². The van der Waals surface area contributed by atoms with Crippen molar-refractivity contribution in [1.82, 2.24) is 24.6 Å². The van der Waals surface area contributed by atoms with E-state index in [9.17, 15) is 9.59 Å². The lowest BCUT2D eigenvalue weighted by Crippen LogP contribution is -2.41. The van der Waals surface area contributed by atoms with Crippen molar-refractivity contribution < 1.29 is 23.3 Å². The number of amides is 2. The molecule has 9 nitrogen and oxygen atoms in total. The zero-order valence-electron chi connectivity index (χ0n) is 23.2. The number of rotatable bonds is 3. The Morgan fingerprint density at radius 2 is 1.79 bits per heavy atom. The normalized spacial score (nSPS) is 20.1. The van der Waals surface area contributed by atoms with Crippen molar-refractivity contribution in [3.63, 3.8) is 0 Å². The van der Waals surface area contributed by atoms with E-state index in [-0.39, 0.29) is 17.3 Å². The molecule has 11 heteroatoms. The van der Waals surface area contributed by atoms with Crippen molar-refractivity contribution in [2.24, 2.45) is 7.05 Å². The van der Waals surface area contributed by atoms with Crippen LogP contribution in [0.2, 0.25) is 0 Å². The van der Waals surface area contributed by atoms with Gasteiger partial charge in [-0.05, 0) is 51.2 Å². The summed E-state index contributed by atoms with van der Waals surface area (Å²) in [4.78, 5) is 32.2. The Hall–Kier alpha value is -3.44. The van der Waals surface area contributed by atoms with Gasteiger partial charge in [-0.2, -0.15) is 5.10 Å². The fourth-order valence-electron chi connectivity index (χ4n) is 5.61. The number of halogens is 1. The second-order valence-corrected chi connectivity index (χ2v) is 11.7. The third-order valence-corrected chi connectivity index (χ3v) is 8.70. The molecule has 2 aromatic heterocycles. The first kappa shape index (κ1) is 25.8. The number of hydrogen-bond donors (Lipinski definition) is 1. The maximum atomic E-state index is 16.2. The molecule has 2 amide bonds. The van der Waals surface area contributed by atoms with Crippen LogP contribution in [0.1, 0.15) is 68.3 Å². The van der Waals surface area contributed by atoms with E-state index in [0.717, 1.165) is 16.8 Å². The smallest absolute Gasteiger partial charge is 0.399 e. The number of carbonyl (C=O) groups is 2. The summed E-state index contributed by atoms with van der Waals surface area (Å²) in [5, 5.41) is 4.80. The topological polar surface area (TPSA) is 92.7 Å². The first-order valence-corrected chi connectivity index (χ1v) is 13.3. The maximum absolute atomic E-state index is 16.2. The standard InChI is InChI=1S/C28H33BFN5O4/c1-16(36)34-9-7-8-17(13-34)19-10-21(29-38-27(2,3)28(4,5)39-29)20-11-22(32-25(20)24(19)30)26(37)35-14-18-12-31-33(6)23(18)15-35/h8,10-12,32H,7,9,13-15H2,1-6H3. The predicted molar refractivity (Wildman–Crippen MR) is 146 cm³/mol. The first-order chi connectivity index (χ1) is 18.4. The molecule has 6 rings (SSSR count). The molecule has 3 aromatic rings. The van der Waals surface area contributed by atoms with E-state index in [1.807, 2.05) is 40.8 Å². The Bertz CT molecular complexity index is 1540. The van der Waals surface area contributed by atoms with Crippen molar-refractivity contribution in [3.8, 4) is 0 Å². The molecule has 1 saturated heterocycles. The highest BCUT2D eigenvalue weighted by Gasteiger charge is 2.52. The highest BCUT2D eigenvalue weighted by molar-refractivity contribution is 6.65. The number of hydrogen-bond acceptors (Lipinski definition) is 5. The summed E-state index contributed by atoms with van der Waals surface area (Å²) in [6, 6.07) is 3.46. The van der Waals surface area contributed by atoms with Crippen LogP contribution in [-0.2, 0) is 34.2 Å². The van der Waals surface area contributed by atoms with Gasteiger partial charge in [-0.3, -0.25) is 14.3 Å². The zero-order valence-corrected chi connectivity index (χ0v) is 23.2. The van der Waals surface area contributed by atoms with Crippen LogP contribution < -0.4 is 5.46 Å². The molecule has 5 heterocycles. The Morgan fingerprint density at radius 3 is 2.46 bits per heavy atom. The van der Waals surface area contributed by atoms with Gasteiger partial charge in [0.1, 0.15) is 5.69 Å². The van der Waals surface area contributed by atoms with Crippen molar-refractivity contribution in [3.05, 3.63) is 52.7 Å². The third-order valence-electron chi connectivity index (χ3n) is 8.70. The van der Waals surface area contributed by atoms with E-state index in [0.29, 0.717) is 54.7 Å². The number of fused-ring (bicyclic) bond motifs is 2. The van der Waals surface area contributed by atoms with Gasteiger partial charge in [-0.25, -0.2) is 4.39 Å².